The SMILES string of the molecule is Cc1ccc(NC(=O)C(C)Oc2ccc(Br)cc2)cc1S(=O)(=O)N(C)C. The van der Waals surface area contributed by atoms with E-state index in [2.05, 4.69) is 21.2 Å². The maximum Gasteiger partial charge on any atom is 0.265 e. The molecule has 0 saturated carbocycles. The summed E-state index contributed by atoms with van der Waals surface area (Å²) in [5.41, 5.74) is 1.00. The largest absolute Gasteiger partial charge is 0.481 e. The molecule has 2 aromatic rings. The number of nitrogens with one attached hydrogen (secondary N) is 1. The van der Waals surface area contributed by atoms with E-state index in [0.29, 0.717) is 17.0 Å². The molecular formula is C18H21BrN2O4S. The van der Waals surface area contributed by atoms with Gasteiger partial charge in [0.2, 0.25) is 10.0 Å². The molecule has 0 aliphatic rings. The van der Waals surface area contributed by atoms with Gasteiger partial charge in [-0.25, -0.2) is 12.7 Å². The van der Waals surface area contributed by atoms with E-state index in [-0.39, 0.29) is 10.8 Å². The molecule has 0 fully saturated rings. The molecule has 1 unspecified atom stereocenters. The van der Waals surface area contributed by atoms with Gasteiger partial charge in [-0.05, 0) is 55.8 Å². The van der Waals surface area contributed by atoms with E-state index >= 15 is 0 Å². The molecular weight excluding hydrogens is 420 g/mol. The van der Waals surface area contributed by atoms with Gasteiger partial charge in [-0.3, -0.25) is 4.79 Å². The first-order valence-electron chi connectivity index (χ1n) is 7.87. The Bertz CT molecular complexity index is 896. The van der Waals surface area contributed by atoms with Crippen molar-refractivity contribution in [1.82, 2.24) is 4.31 Å². The number of hydrogen-bond donors (Lipinski definition) is 1. The molecule has 26 heavy (non-hydrogen) atoms. The fourth-order valence-electron chi connectivity index (χ4n) is 2.17. The van der Waals surface area contributed by atoms with E-state index in [1.807, 2.05) is 12.1 Å². The Hall–Kier alpha value is -1.90. The number of rotatable bonds is 6. The zero-order chi connectivity index (χ0) is 19.5. The number of halogens is 1. The molecule has 0 aromatic heterocycles. The van der Waals surface area contributed by atoms with Crippen molar-refractivity contribution in [2.45, 2.75) is 24.8 Å². The van der Waals surface area contributed by atoms with Crippen LogP contribution >= 0.6 is 15.9 Å². The minimum absolute atomic E-state index is 0.154. The molecule has 0 aliphatic heterocycles. The van der Waals surface area contributed by atoms with Gasteiger partial charge in [0.25, 0.3) is 5.91 Å². The van der Waals surface area contributed by atoms with Crippen LogP contribution in [0, 0.1) is 6.92 Å². The fraction of sp³-hybridized carbons (Fsp3) is 0.278. The van der Waals surface area contributed by atoms with E-state index in [9.17, 15) is 13.2 Å². The summed E-state index contributed by atoms with van der Waals surface area (Å²) >= 11 is 3.34. The normalized spacial score (nSPS) is 12.7. The van der Waals surface area contributed by atoms with Gasteiger partial charge in [-0.1, -0.05) is 22.0 Å². The van der Waals surface area contributed by atoms with Crippen molar-refractivity contribution in [2.75, 3.05) is 19.4 Å². The number of nitrogens with zero attached hydrogens (tertiary/aromatic N) is 1. The van der Waals surface area contributed by atoms with Crippen LogP contribution in [0.3, 0.4) is 0 Å². The average molecular weight is 441 g/mol. The Labute approximate surface area is 162 Å². The molecule has 2 rings (SSSR count). The van der Waals surface area contributed by atoms with Crippen molar-refractivity contribution in [3.05, 3.63) is 52.5 Å². The van der Waals surface area contributed by atoms with Gasteiger partial charge >= 0.3 is 0 Å². The molecule has 0 aliphatic carbocycles. The number of hydrogen-bond acceptors (Lipinski definition) is 4. The van der Waals surface area contributed by atoms with Gasteiger partial charge < -0.3 is 10.1 Å². The predicted octanol–water partition coefficient (Wildman–Crippen LogP) is 3.41. The first kappa shape index (κ1) is 20.4. The van der Waals surface area contributed by atoms with Crippen LogP contribution in [0.4, 0.5) is 5.69 Å². The summed E-state index contributed by atoms with van der Waals surface area (Å²) in [5, 5.41) is 2.70. The molecule has 0 spiro atoms. The maximum absolute atomic E-state index is 12.4. The van der Waals surface area contributed by atoms with Crippen LogP contribution < -0.4 is 10.1 Å². The second kappa shape index (κ2) is 8.20. The molecule has 1 N–H and O–H groups in total. The number of aryl methyl sites for hydroxylation is 1. The van der Waals surface area contributed by atoms with Gasteiger partial charge in [0.15, 0.2) is 6.10 Å². The van der Waals surface area contributed by atoms with Crippen LogP contribution in [-0.2, 0) is 14.8 Å². The molecule has 1 atom stereocenters. The quantitative estimate of drug-likeness (QED) is 0.746. The maximum atomic E-state index is 12.4. The second-order valence-corrected chi connectivity index (χ2v) is 9.01. The number of carbonyl (C=O) groups is 1. The smallest absolute Gasteiger partial charge is 0.265 e. The lowest BCUT2D eigenvalue weighted by atomic mass is 10.2. The topological polar surface area (TPSA) is 75.7 Å². The van der Waals surface area contributed by atoms with Crippen molar-refractivity contribution in [3.8, 4) is 5.75 Å². The molecule has 1 amide bonds. The van der Waals surface area contributed by atoms with Crippen LogP contribution in [-0.4, -0.2) is 38.8 Å². The Morgan fingerprint density at radius 2 is 1.77 bits per heavy atom. The number of benzene rings is 2. The summed E-state index contributed by atoms with van der Waals surface area (Å²) in [6.45, 7) is 3.34. The lowest BCUT2D eigenvalue weighted by Crippen LogP contribution is -2.30. The molecule has 0 heterocycles. The molecule has 2 aromatic carbocycles. The standard InChI is InChI=1S/C18H21BrN2O4S/c1-12-5-8-15(11-17(12)26(23,24)21(3)4)20-18(22)13(2)25-16-9-6-14(19)7-10-16/h5-11,13H,1-4H3,(H,20,22). The summed E-state index contributed by atoms with van der Waals surface area (Å²) in [6.07, 6.45) is -0.744. The highest BCUT2D eigenvalue weighted by Crippen LogP contribution is 2.23. The Balaban J connectivity index is 2.15. The van der Waals surface area contributed by atoms with Crippen molar-refractivity contribution in [2.24, 2.45) is 0 Å². The van der Waals surface area contributed by atoms with Crippen molar-refractivity contribution in [3.63, 3.8) is 0 Å². The zero-order valence-electron chi connectivity index (χ0n) is 15.0. The zero-order valence-corrected chi connectivity index (χ0v) is 17.4. The van der Waals surface area contributed by atoms with E-state index < -0.39 is 16.1 Å². The van der Waals surface area contributed by atoms with E-state index in [4.69, 9.17) is 4.74 Å². The third kappa shape index (κ3) is 4.84. The summed E-state index contributed by atoms with van der Waals surface area (Å²) in [4.78, 5) is 12.5. The van der Waals surface area contributed by atoms with Crippen LogP contribution in [0.15, 0.2) is 51.8 Å². The third-order valence-corrected chi connectivity index (χ3v) is 6.20. The van der Waals surface area contributed by atoms with E-state index in [1.165, 1.54) is 20.2 Å². The van der Waals surface area contributed by atoms with Crippen molar-refractivity contribution < 1.29 is 17.9 Å². The molecule has 0 bridgehead atoms. The van der Waals surface area contributed by atoms with Crippen LogP contribution in [0.2, 0.25) is 0 Å². The summed E-state index contributed by atoms with van der Waals surface area (Å²) in [5.74, 6) is 0.195. The lowest BCUT2D eigenvalue weighted by molar-refractivity contribution is -0.122. The van der Waals surface area contributed by atoms with E-state index in [0.717, 1.165) is 8.78 Å². The van der Waals surface area contributed by atoms with Gasteiger partial charge in [0.1, 0.15) is 5.75 Å². The fourth-order valence-corrected chi connectivity index (χ4v) is 3.58. The molecule has 6 nitrogen and oxygen atoms in total. The monoisotopic (exact) mass is 440 g/mol. The first-order valence-corrected chi connectivity index (χ1v) is 10.1. The average Bonchev–Trinajstić information content (AvgIpc) is 2.58. The highest BCUT2D eigenvalue weighted by atomic mass is 79.9. The van der Waals surface area contributed by atoms with Gasteiger partial charge in [-0.15, -0.1) is 0 Å². The van der Waals surface area contributed by atoms with Gasteiger partial charge in [0, 0.05) is 24.3 Å². The summed E-state index contributed by atoms with van der Waals surface area (Å²) in [7, 11) is -0.660. The number of sulfonamides is 1. The number of ether oxygens (including phenoxy) is 1. The van der Waals surface area contributed by atoms with Crippen molar-refractivity contribution >= 4 is 37.5 Å². The Morgan fingerprint density at radius 3 is 2.35 bits per heavy atom. The molecule has 8 heteroatoms. The predicted molar refractivity (Wildman–Crippen MR) is 105 cm³/mol. The number of anilines is 1. The third-order valence-electron chi connectivity index (χ3n) is 3.71. The van der Waals surface area contributed by atoms with Crippen molar-refractivity contribution in [1.29, 1.82) is 0 Å². The van der Waals surface area contributed by atoms with Gasteiger partial charge in [0.05, 0.1) is 4.90 Å². The molecule has 140 valence electrons. The molecule has 0 radical (unpaired) electrons. The highest BCUT2D eigenvalue weighted by Gasteiger charge is 2.21. The Morgan fingerprint density at radius 1 is 1.15 bits per heavy atom. The summed E-state index contributed by atoms with van der Waals surface area (Å²) < 4.78 is 32.4. The summed E-state index contributed by atoms with van der Waals surface area (Å²) in [6, 6.07) is 11.9. The second-order valence-electron chi connectivity index (χ2n) is 5.97. The number of amides is 1. The van der Waals surface area contributed by atoms with E-state index in [1.54, 1.807) is 38.1 Å². The lowest BCUT2D eigenvalue weighted by Gasteiger charge is -2.17. The number of carbonyl (C=O) groups excluding carboxylic acids is 1. The van der Waals surface area contributed by atoms with Crippen LogP contribution in [0.1, 0.15) is 12.5 Å². The minimum Gasteiger partial charge on any atom is -0.481 e. The molecule has 0 saturated heterocycles. The highest BCUT2D eigenvalue weighted by molar-refractivity contribution is 9.10. The van der Waals surface area contributed by atoms with Crippen LogP contribution in [0.5, 0.6) is 5.75 Å². The van der Waals surface area contributed by atoms with Gasteiger partial charge in [-0.2, -0.15) is 0 Å². The van der Waals surface area contributed by atoms with Crippen LogP contribution in [0.25, 0.3) is 0 Å². The minimum atomic E-state index is -3.59. The Kier molecular flexibility index (Phi) is 6.44. The first-order chi connectivity index (χ1) is 12.1.